The van der Waals surface area contributed by atoms with E-state index in [0.29, 0.717) is 12.0 Å². The predicted molar refractivity (Wildman–Crippen MR) is 72.4 cm³/mol. The Labute approximate surface area is 107 Å². The largest absolute Gasteiger partial charge is 0.327 e. The van der Waals surface area contributed by atoms with Crippen molar-refractivity contribution >= 4 is 15.9 Å². The molecule has 0 heterocycles. The van der Waals surface area contributed by atoms with Gasteiger partial charge in [-0.1, -0.05) is 53.4 Å². The summed E-state index contributed by atoms with van der Waals surface area (Å²) in [6.45, 7) is 0. The molecule has 0 bridgehead atoms. The second-order valence-electron chi connectivity index (χ2n) is 4.86. The number of benzene rings is 1. The first-order valence-corrected chi connectivity index (χ1v) is 7.05. The Kier molecular flexibility index (Phi) is 4.42. The lowest BCUT2D eigenvalue weighted by atomic mass is 9.89. The minimum absolute atomic E-state index is 0.398. The van der Waals surface area contributed by atoms with Crippen molar-refractivity contribution in [1.29, 1.82) is 0 Å². The van der Waals surface area contributed by atoms with E-state index >= 15 is 0 Å². The highest BCUT2D eigenvalue weighted by Gasteiger charge is 2.21. The van der Waals surface area contributed by atoms with Crippen LogP contribution in [0.4, 0.5) is 0 Å². The maximum Gasteiger partial charge on any atom is 0.0207 e. The third kappa shape index (κ3) is 3.08. The number of hydrogen-bond donors (Lipinski definition) is 1. The van der Waals surface area contributed by atoms with Crippen molar-refractivity contribution in [2.45, 2.75) is 44.6 Å². The van der Waals surface area contributed by atoms with E-state index in [2.05, 4.69) is 40.2 Å². The van der Waals surface area contributed by atoms with Gasteiger partial charge in [-0.25, -0.2) is 0 Å². The van der Waals surface area contributed by atoms with Gasteiger partial charge in [0, 0.05) is 10.5 Å². The van der Waals surface area contributed by atoms with Gasteiger partial charge >= 0.3 is 0 Å². The molecule has 2 unspecified atom stereocenters. The summed E-state index contributed by atoms with van der Waals surface area (Å²) in [4.78, 5) is 0. The molecule has 1 aromatic rings. The molecule has 0 saturated heterocycles. The Hall–Kier alpha value is -0.340. The Morgan fingerprint density at radius 2 is 1.88 bits per heavy atom. The smallest absolute Gasteiger partial charge is 0.0207 e. The summed E-state index contributed by atoms with van der Waals surface area (Å²) in [5.41, 5.74) is 7.67. The molecule has 88 valence electrons. The standard InChI is InChI=1S/C14H20BrN/c15-13-8-5-4-6-11(13)10-12-7-2-1-3-9-14(12)16/h4-6,8,12,14H,1-3,7,9-10,16H2. The predicted octanol–water partition coefficient (Wildman–Crippen LogP) is 3.90. The van der Waals surface area contributed by atoms with Crippen LogP contribution in [0.3, 0.4) is 0 Å². The molecule has 0 aliphatic heterocycles. The first-order valence-electron chi connectivity index (χ1n) is 6.26. The SMILES string of the molecule is NC1CCCCCC1Cc1ccccc1Br. The number of nitrogens with two attached hydrogens (primary N) is 1. The van der Waals surface area contributed by atoms with Gasteiger partial charge in [-0.3, -0.25) is 0 Å². The minimum Gasteiger partial charge on any atom is -0.327 e. The highest BCUT2D eigenvalue weighted by Crippen LogP contribution is 2.28. The molecule has 0 aromatic heterocycles. The highest BCUT2D eigenvalue weighted by atomic mass is 79.9. The third-order valence-electron chi connectivity index (χ3n) is 3.66. The van der Waals surface area contributed by atoms with Crippen LogP contribution in [-0.2, 0) is 6.42 Å². The Balaban J connectivity index is 2.05. The summed E-state index contributed by atoms with van der Waals surface area (Å²) < 4.78 is 1.23. The Bertz CT molecular complexity index is 337. The number of halogens is 1. The van der Waals surface area contributed by atoms with Gasteiger partial charge in [-0.05, 0) is 36.8 Å². The lowest BCUT2D eigenvalue weighted by molar-refractivity contribution is 0.395. The van der Waals surface area contributed by atoms with E-state index in [1.165, 1.54) is 42.1 Å². The fourth-order valence-corrected chi connectivity index (χ4v) is 3.06. The van der Waals surface area contributed by atoms with Crippen molar-refractivity contribution in [3.05, 3.63) is 34.3 Å². The van der Waals surface area contributed by atoms with E-state index in [4.69, 9.17) is 5.73 Å². The zero-order valence-electron chi connectivity index (χ0n) is 9.66. The lowest BCUT2D eigenvalue weighted by Crippen LogP contribution is -2.30. The molecule has 1 saturated carbocycles. The quantitative estimate of drug-likeness (QED) is 0.818. The average molecular weight is 282 g/mol. The van der Waals surface area contributed by atoms with Gasteiger partial charge in [-0.15, -0.1) is 0 Å². The topological polar surface area (TPSA) is 26.0 Å². The van der Waals surface area contributed by atoms with Gasteiger partial charge in [0.2, 0.25) is 0 Å². The van der Waals surface area contributed by atoms with Crippen LogP contribution in [-0.4, -0.2) is 6.04 Å². The van der Waals surface area contributed by atoms with Gasteiger partial charge in [0.25, 0.3) is 0 Å². The Morgan fingerprint density at radius 3 is 2.69 bits per heavy atom. The van der Waals surface area contributed by atoms with Gasteiger partial charge in [0.15, 0.2) is 0 Å². The van der Waals surface area contributed by atoms with Gasteiger partial charge in [-0.2, -0.15) is 0 Å². The molecule has 2 heteroatoms. The molecule has 2 rings (SSSR count). The normalized spacial score (nSPS) is 26.4. The molecule has 1 aliphatic rings. The second kappa shape index (κ2) is 5.83. The van der Waals surface area contributed by atoms with Crippen LogP contribution in [0.25, 0.3) is 0 Å². The van der Waals surface area contributed by atoms with Crippen molar-refractivity contribution in [3.8, 4) is 0 Å². The van der Waals surface area contributed by atoms with Crippen LogP contribution in [0.5, 0.6) is 0 Å². The van der Waals surface area contributed by atoms with Crippen molar-refractivity contribution in [1.82, 2.24) is 0 Å². The van der Waals surface area contributed by atoms with Gasteiger partial charge in [0.05, 0.1) is 0 Å². The maximum atomic E-state index is 6.26. The summed E-state index contributed by atoms with van der Waals surface area (Å²) in [5, 5.41) is 0. The Morgan fingerprint density at radius 1 is 1.12 bits per heavy atom. The summed E-state index contributed by atoms with van der Waals surface area (Å²) in [6.07, 6.45) is 7.65. The summed E-state index contributed by atoms with van der Waals surface area (Å²) >= 11 is 3.62. The van der Waals surface area contributed by atoms with Crippen LogP contribution in [0.2, 0.25) is 0 Å². The molecule has 1 nitrogen and oxygen atoms in total. The molecule has 1 fully saturated rings. The zero-order chi connectivity index (χ0) is 11.4. The van der Waals surface area contributed by atoms with Gasteiger partial charge in [0.1, 0.15) is 0 Å². The minimum atomic E-state index is 0.398. The molecule has 1 aliphatic carbocycles. The maximum absolute atomic E-state index is 6.26. The molecule has 0 spiro atoms. The molecule has 16 heavy (non-hydrogen) atoms. The van der Waals surface area contributed by atoms with Crippen LogP contribution >= 0.6 is 15.9 Å². The lowest BCUT2D eigenvalue weighted by Gasteiger charge is -2.21. The average Bonchev–Trinajstić information content (AvgIpc) is 2.48. The van der Waals surface area contributed by atoms with Crippen LogP contribution in [0.15, 0.2) is 28.7 Å². The summed E-state index contributed by atoms with van der Waals surface area (Å²) in [6, 6.07) is 8.91. The molecular weight excluding hydrogens is 262 g/mol. The molecule has 2 atom stereocenters. The molecule has 0 amide bonds. The molecular formula is C14H20BrN. The van der Waals surface area contributed by atoms with E-state index < -0.39 is 0 Å². The van der Waals surface area contributed by atoms with Gasteiger partial charge < -0.3 is 5.73 Å². The van der Waals surface area contributed by atoms with Crippen LogP contribution < -0.4 is 5.73 Å². The van der Waals surface area contributed by atoms with Crippen LogP contribution in [0.1, 0.15) is 37.7 Å². The van der Waals surface area contributed by atoms with Crippen molar-refractivity contribution in [3.63, 3.8) is 0 Å². The molecule has 2 N–H and O–H groups in total. The van der Waals surface area contributed by atoms with E-state index in [0.717, 1.165) is 6.42 Å². The van der Waals surface area contributed by atoms with E-state index in [-0.39, 0.29) is 0 Å². The zero-order valence-corrected chi connectivity index (χ0v) is 11.2. The first kappa shape index (κ1) is 12.1. The van der Waals surface area contributed by atoms with Crippen molar-refractivity contribution < 1.29 is 0 Å². The van der Waals surface area contributed by atoms with E-state index in [1.54, 1.807) is 0 Å². The molecule has 1 aromatic carbocycles. The number of hydrogen-bond acceptors (Lipinski definition) is 1. The number of rotatable bonds is 2. The highest BCUT2D eigenvalue weighted by molar-refractivity contribution is 9.10. The summed E-state index contributed by atoms with van der Waals surface area (Å²) in [5.74, 6) is 0.668. The molecule has 0 radical (unpaired) electrons. The van der Waals surface area contributed by atoms with E-state index in [1.807, 2.05) is 0 Å². The first-order chi connectivity index (χ1) is 7.77. The van der Waals surface area contributed by atoms with E-state index in [9.17, 15) is 0 Å². The van der Waals surface area contributed by atoms with Crippen molar-refractivity contribution in [2.24, 2.45) is 11.7 Å². The van der Waals surface area contributed by atoms with Crippen LogP contribution in [0, 0.1) is 5.92 Å². The second-order valence-corrected chi connectivity index (χ2v) is 5.71. The fourth-order valence-electron chi connectivity index (χ4n) is 2.61. The fraction of sp³-hybridized carbons (Fsp3) is 0.571. The third-order valence-corrected chi connectivity index (χ3v) is 4.43. The summed E-state index contributed by atoms with van der Waals surface area (Å²) in [7, 11) is 0. The van der Waals surface area contributed by atoms with Crippen molar-refractivity contribution in [2.75, 3.05) is 0 Å². The monoisotopic (exact) mass is 281 g/mol.